The maximum absolute atomic E-state index is 13.3. The molecule has 108 valence electrons. The Morgan fingerprint density at radius 2 is 2.14 bits per heavy atom. The molecule has 0 amide bonds. The lowest BCUT2D eigenvalue weighted by molar-refractivity contribution is 0.452. The summed E-state index contributed by atoms with van der Waals surface area (Å²) in [5, 5.41) is 7.67. The van der Waals surface area contributed by atoms with E-state index in [1.807, 2.05) is 6.07 Å². The van der Waals surface area contributed by atoms with Crippen molar-refractivity contribution in [2.24, 2.45) is 5.73 Å². The average Bonchev–Trinajstić information content (AvgIpc) is 2.89. The minimum Gasteiger partial charge on any atom is -0.437 e. The van der Waals surface area contributed by atoms with Crippen LogP contribution in [0.2, 0.25) is 0 Å². The summed E-state index contributed by atoms with van der Waals surface area (Å²) in [4.78, 5) is 4.45. The van der Waals surface area contributed by atoms with Gasteiger partial charge in [-0.2, -0.15) is 0 Å². The van der Waals surface area contributed by atoms with Crippen LogP contribution >= 0.6 is 15.9 Å². The molecule has 1 aromatic carbocycles. The molecule has 4 nitrogen and oxygen atoms in total. The Morgan fingerprint density at radius 1 is 1.33 bits per heavy atom. The molecule has 0 saturated heterocycles. The number of hydrogen-bond acceptors (Lipinski definition) is 3. The summed E-state index contributed by atoms with van der Waals surface area (Å²) in [7, 11) is 0. The SMILES string of the molecule is N=C(N)c1cc2c(nc1Oc1cc(F)ccc1Br)CCC2. The summed E-state index contributed by atoms with van der Waals surface area (Å²) in [5.74, 6) is 0.0378. The van der Waals surface area contributed by atoms with Crippen LogP contribution < -0.4 is 10.5 Å². The first-order chi connectivity index (χ1) is 10.0. The highest BCUT2D eigenvalue weighted by atomic mass is 79.9. The summed E-state index contributed by atoms with van der Waals surface area (Å²) in [6.45, 7) is 0. The van der Waals surface area contributed by atoms with Gasteiger partial charge < -0.3 is 10.5 Å². The third-order valence-electron chi connectivity index (χ3n) is 3.41. The minimum atomic E-state index is -0.404. The van der Waals surface area contributed by atoms with Crippen LogP contribution in [0.15, 0.2) is 28.7 Å². The molecule has 1 heterocycles. The number of pyridine rings is 1. The minimum absolute atomic E-state index is 0.111. The van der Waals surface area contributed by atoms with Gasteiger partial charge in [-0.3, -0.25) is 5.41 Å². The molecule has 0 aliphatic heterocycles. The highest BCUT2D eigenvalue weighted by Crippen LogP contribution is 2.33. The van der Waals surface area contributed by atoms with E-state index in [9.17, 15) is 4.39 Å². The highest BCUT2D eigenvalue weighted by Gasteiger charge is 2.19. The van der Waals surface area contributed by atoms with Crippen LogP contribution in [-0.4, -0.2) is 10.8 Å². The molecule has 0 bridgehead atoms. The number of aromatic nitrogens is 1. The number of nitrogen functional groups attached to an aromatic ring is 1. The summed E-state index contributed by atoms with van der Waals surface area (Å²) in [5.41, 5.74) is 8.11. The average molecular weight is 350 g/mol. The van der Waals surface area contributed by atoms with E-state index in [-0.39, 0.29) is 11.7 Å². The molecule has 0 atom stereocenters. The standard InChI is InChI=1S/C15H13BrFN3O/c16-11-5-4-9(17)7-13(11)21-15-10(14(18)19)6-8-2-1-3-12(8)20-15/h4-7H,1-3H2,(H3,18,19). The number of halogens is 2. The molecule has 2 aromatic rings. The Labute approximate surface area is 129 Å². The zero-order valence-corrected chi connectivity index (χ0v) is 12.7. The maximum atomic E-state index is 13.3. The van der Waals surface area contributed by atoms with Gasteiger partial charge in [0.15, 0.2) is 0 Å². The number of fused-ring (bicyclic) bond motifs is 1. The summed E-state index contributed by atoms with van der Waals surface area (Å²) in [6, 6.07) is 6.01. The highest BCUT2D eigenvalue weighted by molar-refractivity contribution is 9.10. The molecule has 0 radical (unpaired) electrons. The van der Waals surface area contributed by atoms with Crippen molar-refractivity contribution in [3.05, 3.63) is 51.4 Å². The molecular formula is C15H13BrFN3O. The number of hydrogen-bond donors (Lipinski definition) is 2. The van der Waals surface area contributed by atoms with E-state index in [4.69, 9.17) is 15.9 Å². The third kappa shape index (κ3) is 2.76. The first kappa shape index (κ1) is 14.0. The molecule has 6 heteroatoms. The van der Waals surface area contributed by atoms with Crippen molar-refractivity contribution in [2.45, 2.75) is 19.3 Å². The van der Waals surface area contributed by atoms with E-state index >= 15 is 0 Å². The Hall–Kier alpha value is -1.95. The predicted molar refractivity (Wildman–Crippen MR) is 81.5 cm³/mol. The van der Waals surface area contributed by atoms with Gasteiger partial charge >= 0.3 is 0 Å². The van der Waals surface area contributed by atoms with Crippen LogP contribution in [0.1, 0.15) is 23.2 Å². The lowest BCUT2D eigenvalue weighted by atomic mass is 10.1. The van der Waals surface area contributed by atoms with E-state index in [2.05, 4.69) is 20.9 Å². The van der Waals surface area contributed by atoms with E-state index < -0.39 is 5.82 Å². The zero-order chi connectivity index (χ0) is 15.0. The second-order valence-electron chi connectivity index (χ2n) is 4.89. The molecule has 21 heavy (non-hydrogen) atoms. The normalized spacial score (nSPS) is 13.0. The summed E-state index contributed by atoms with van der Waals surface area (Å²) in [6.07, 6.45) is 2.85. The maximum Gasteiger partial charge on any atom is 0.230 e. The molecule has 3 N–H and O–H groups in total. The third-order valence-corrected chi connectivity index (χ3v) is 4.06. The summed E-state index contributed by atoms with van der Waals surface area (Å²) < 4.78 is 19.6. The predicted octanol–water partition coefficient (Wildman–Crippen LogP) is 3.55. The van der Waals surface area contributed by atoms with E-state index in [0.717, 1.165) is 30.5 Å². The number of rotatable bonds is 3. The number of nitrogens with zero attached hydrogens (tertiary/aromatic N) is 1. The summed E-state index contributed by atoms with van der Waals surface area (Å²) >= 11 is 3.31. The number of benzene rings is 1. The lowest BCUT2D eigenvalue weighted by Crippen LogP contribution is -2.14. The van der Waals surface area contributed by atoms with Gasteiger partial charge in [0.1, 0.15) is 17.4 Å². The van der Waals surface area contributed by atoms with Crippen LogP contribution in [-0.2, 0) is 12.8 Å². The lowest BCUT2D eigenvalue weighted by Gasteiger charge is -2.12. The van der Waals surface area contributed by atoms with Gasteiger partial charge in [-0.15, -0.1) is 0 Å². The number of nitrogens with two attached hydrogens (primary N) is 1. The molecule has 0 fully saturated rings. The van der Waals surface area contributed by atoms with Gasteiger partial charge in [0.2, 0.25) is 5.88 Å². The topological polar surface area (TPSA) is 72.0 Å². The van der Waals surface area contributed by atoms with Gasteiger partial charge in [0, 0.05) is 11.8 Å². The van der Waals surface area contributed by atoms with E-state index in [0.29, 0.717) is 15.8 Å². The van der Waals surface area contributed by atoms with Crippen molar-refractivity contribution in [3.63, 3.8) is 0 Å². The van der Waals surface area contributed by atoms with E-state index in [1.54, 1.807) is 6.07 Å². The van der Waals surface area contributed by atoms with Crippen LogP contribution in [0.4, 0.5) is 4.39 Å². The molecule has 3 rings (SSSR count). The van der Waals surface area contributed by atoms with Gasteiger partial charge in [0.25, 0.3) is 0 Å². The Balaban J connectivity index is 2.05. The van der Waals surface area contributed by atoms with Gasteiger partial charge in [-0.05, 0) is 59.0 Å². The molecular weight excluding hydrogens is 337 g/mol. The molecule has 0 spiro atoms. The van der Waals surface area contributed by atoms with Crippen molar-refractivity contribution in [1.82, 2.24) is 4.98 Å². The number of amidine groups is 1. The second-order valence-corrected chi connectivity index (χ2v) is 5.75. The Kier molecular flexibility index (Phi) is 3.63. The smallest absolute Gasteiger partial charge is 0.230 e. The second kappa shape index (κ2) is 5.44. The number of nitrogens with one attached hydrogen (secondary N) is 1. The van der Waals surface area contributed by atoms with Crippen molar-refractivity contribution < 1.29 is 9.13 Å². The fourth-order valence-corrected chi connectivity index (χ4v) is 2.71. The van der Waals surface area contributed by atoms with Gasteiger partial charge in [-0.25, -0.2) is 9.37 Å². The first-order valence-electron chi connectivity index (χ1n) is 6.54. The van der Waals surface area contributed by atoms with Gasteiger partial charge in [-0.1, -0.05) is 0 Å². The molecule has 0 saturated carbocycles. The Morgan fingerprint density at radius 3 is 2.90 bits per heavy atom. The van der Waals surface area contributed by atoms with Crippen molar-refractivity contribution >= 4 is 21.8 Å². The zero-order valence-electron chi connectivity index (χ0n) is 11.1. The van der Waals surface area contributed by atoms with Crippen LogP contribution in [0, 0.1) is 11.2 Å². The molecule has 1 aliphatic carbocycles. The fraction of sp³-hybridized carbons (Fsp3) is 0.200. The van der Waals surface area contributed by atoms with Gasteiger partial charge in [0.05, 0.1) is 10.0 Å². The Bertz CT molecular complexity index is 733. The number of aryl methyl sites for hydroxylation is 2. The van der Waals surface area contributed by atoms with Crippen molar-refractivity contribution in [1.29, 1.82) is 5.41 Å². The van der Waals surface area contributed by atoms with Crippen molar-refractivity contribution in [3.8, 4) is 11.6 Å². The monoisotopic (exact) mass is 349 g/mol. The van der Waals surface area contributed by atoms with E-state index in [1.165, 1.54) is 12.1 Å². The quantitative estimate of drug-likeness (QED) is 0.657. The van der Waals surface area contributed by atoms with Crippen LogP contribution in [0.3, 0.4) is 0 Å². The van der Waals surface area contributed by atoms with Crippen molar-refractivity contribution in [2.75, 3.05) is 0 Å². The molecule has 1 aliphatic rings. The van der Waals surface area contributed by atoms with Crippen LogP contribution in [0.25, 0.3) is 0 Å². The molecule has 0 unspecified atom stereocenters. The number of ether oxygens (including phenoxy) is 1. The largest absolute Gasteiger partial charge is 0.437 e. The van der Waals surface area contributed by atoms with Crippen LogP contribution in [0.5, 0.6) is 11.6 Å². The fourth-order valence-electron chi connectivity index (χ4n) is 2.38. The molecule has 1 aromatic heterocycles. The first-order valence-corrected chi connectivity index (χ1v) is 7.34.